The summed E-state index contributed by atoms with van der Waals surface area (Å²) in [5, 5.41) is 4.82. The standard InChI is InChI=1S/C10H12BrNO2S/c11-9-4-7(6-15-9)10(13)12-8-2-1-3-14-5-8/h4,6,8H,1-3,5H2,(H,12,13). The number of thiophene rings is 1. The lowest BCUT2D eigenvalue weighted by Gasteiger charge is -2.22. The van der Waals surface area contributed by atoms with E-state index in [1.807, 2.05) is 11.4 Å². The molecular weight excluding hydrogens is 278 g/mol. The number of hydrogen-bond donors (Lipinski definition) is 1. The highest BCUT2D eigenvalue weighted by atomic mass is 79.9. The lowest BCUT2D eigenvalue weighted by Crippen LogP contribution is -2.40. The van der Waals surface area contributed by atoms with Gasteiger partial charge in [-0.1, -0.05) is 0 Å². The van der Waals surface area contributed by atoms with Crippen LogP contribution in [0.4, 0.5) is 0 Å². The lowest BCUT2D eigenvalue weighted by atomic mass is 10.1. The molecule has 0 aromatic carbocycles. The van der Waals surface area contributed by atoms with Gasteiger partial charge in [0.1, 0.15) is 0 Å². The summed E-state index contributed by atoms with van der Waals surface area (Å²) in [6.45, 7) is 1.45. The zero-order chi connectivity index (χ0) is 10.7. The molecule has 5 heteroatoms. The van der Waals surface area contributed by atoms with E-state index in [2.05, 4.69) is 21.2 Å². The molecule has 1 aliphatic heterocycles. The molecule has 1 fully saturated rings. The van der Waals surface area contributed by atoms with E-state index in [1.165, 1.54) is 11.3 Å². The molecule has 15 heavy (non-hydrogen) atoms. The largest absolute Gasteiger partial charge is 0.379 e. The molecule has 1 N–H and O–H groups in total. The molecule has 0 spiro atoms. The Bertz CT molecular complexity index is 347. The van der Waals surface area contributed by atoms with E-state index in [-0.39, 0.29) is 11.9 Å². The average molecular weight is 290 g/mol. The van der Waals surface area contributed by atoms with Crippen molar-refractivity contribution in [2.75, 3.05) is 13.2 Å². The Morgan fingerprint density at radius 2 is 2.53 bits per heavy atom. The highest BCUT2D eigenvalue weighted by Gasteiger charge is 2.17. The predicted octanol–water partition coefficient (Wildman–Crippen LogP) is 2.42. The summed E-state index contributed by atoms with van der Waals surface area (Å²) in [7, 11) is 0. The van der Waals surface area contributed by atoms with Crippen molar-refractivity contribution < 1.29 is 9.53 Å². The minimum atomic E-state index is -0.00699. The smallest absolute Gasteiger partial charge is 0.252 e. The summed E-state index contributed by atoms with van der Waals surface area (Å²) in [6.07, 6.45) is 2.04. The zero-order valence-electron chi connectivity index (χ0n) is 8.16. The maximum Gasteiger partial charge on any atom is 0.252 e. The van der Waals surface area contributed by atoms with Crippen LogP contribution in [-0.2, 0) is 4.74 Å². The number of rotatable bonds is 2. The van der Waals surface area contributed by atoms with Gasteiger partial charge in [-0.3, -0.25) is 4.79 Å². The van der Waals surface area contributed by atoms with Crippen LogP contribution in [0.3, 0.4) is 0 Å². The summed E-state index contributed by atoms with van der Waals surface area (Å²) < 4.78 is 6.28. The highest BCUT2D eigenvalue weighted by molar-refractivity contribution is 9.11. The SMILES string of the molecule is O=C(NC1CCCOC1)c1csc(Br)c1. The van der Waals surface area contributed by atoms with E-state index in [4.69, 9.17) is 4.74 Å². The fraction of sp³-hybridized carbons (Fsp3) is 0.500. The average Bonchev–Trinajstić information content (AvgIpc) is 2.66. The van der Waals surface area contributed by atoms with Crippen molar-refractivity contribution in [1.82, 2.24) is 5.32 Å². The molecule has 0 saturated carbocycles. The van der Waals surface area contributed by atoms with Gasteiger partial charge in [-0.05, 0) is 34.8 Å². The van der Waals surface area contributed by atoms with Crippen LogP contribution in [0.25, 0.3) is 0 Å². The number of halogens is 1. The minimum absolute atomic E-state index is 0.00699. The van der Waals surface area contributed by atoms with E-state index in [9.17, 15) is 4.79 Å². The third-order valence-corrected chi connectivity index (χ3v) is 3.83. The summed E-state index contributed by atoms with van der Waals surface area (Å²) in [6, 6.07) is 2.01. The van der Waals surface area contributed by atoms with Gasteiger partial charge in [0.25, 0.3) is 5.91 Å². The summed E-state index contributed by atoms with van der Waals surface area (Å²) in [4.78, 5) is 11.7. The number of carbonyl (C=O) groups excluding carboxylic acids is 1. The van der Waals surface area contributed by atoms with Crippen molar-refractivity contribution in [2.24, 2.45) is 0 Å². The van der Waals surface area contributed by atoms with Gasteiger partial charge < -0.3 is 10.1 Å². The Kier molecular flexibility index (Phi) is 3.77. The molecule has 1 saturated heterocycles. The Balaban J connectivity index is 1.91. The number of ether oxygens (including phenoxy) is 1. The van der Waals surface area contributed by atoms with Crippen LogP contribution in [0.2, 0.25) is 0 Å². The second kappa shape index (κ2) is 5.09. The van der Waals surface area contributed by atoms with E-state index < -0.39 is 0 Å². The van der Waals surface area contributed by atoms with Crippen molar-refractivity contribution >= 4 is 33.2 Å². The first-order valence-corrected chi connectivity index (χ1v) is 6.55. The maximum absolute atomic E-state index is 11.7. The molecule has 0 radical (unpaired) electrons. The van der Waals surface area contributed by atoms with Gasteiger partial charge in [-0.2, -0.15) is 0 Å². The van der Waals surface area contributed by atoms with Gasteiger partial charge in [-0.25, -0.2) is 0 Å². The minimum Gasteiger partial charge on any atom is -0.379 e. The molecule has 1 aromatic heterocycles. The first-order valence-electron chi connectivity index (χ1n) is 4.88. The topological polar surface area (TPSA) is 38.3 Å². The van der Waals surface area contributed by atoms with Gasteiger partial charge in [-0.15, -0.1) is 11.3 Å². The Morgan fingerprint density at radius 3 is 3.13 bits per heavy atom. The molecule has 0 aliphatic carbocycles. The van der Waals surface area contributed by atoms with Crippen LogP contribution in [0, 0.1) is 0 Å². The second-order valence-corrected chi connectivity index (χ2v) is 5.82. The van der Waals surface area contributed by atoms with Crippen LogP contribution in [0.5, 0.6) is 0 Å². The Labute approximate surface area is 101 Å². The van der Waals surface area contributed by atoms with Crippen LogP contribution >= 0.6 is 27.3 Å². The first-order chi connectivity index (χ1) is 7.25. The first kappa shape index (κ1) is 11.1. The van der Waals surface area contributed by atoms with Crippen molar-refractivity contribution in [3.63, 3.8) is 0 Å². The molecule has 1 aromatic rings. The molecule has 0 bridgehead atoms. The molecular formula is C10H12BrNO2S. The van der Waals surface area contributed by atoms with E-state index in [0.29, 0.717) is 6.61 Å². The van der Waals surface area contributed by atoms with Crippen LogP contribution < -0.4 is 5.32 Å². The van der Waals surface area contributed by atoms with Crippen LogP contribution in [-0.4, -0.2) is 25.2 Å². The fourth-order valence-corrected chi connectivity index (χ4v) is 2.69. The maximum atomic E-state index is 11.7. The molecule has 1 amide bonds. The monoisotopic (exact) mass is 289 g/mol. The molecule has 82 valence electrons. The van der Waals surface area contributed by atoms with E-state index in [1.54, 1.807) is 0 Å². The molecule has 1 aliphatic rings. The molecule has 1 atom stereocenters. The third kappa shape index (κ3) is 3.03. The van der Waals surface area contributed by atoms with Crippen LogP contribution in [0.1, 0.15) is 23.2 Å². The van der Waals surface area contributed by atoms with Gasteiger partial charge in [0.2, 0.25) is 0 Å². The van der Waals surface area contributed by atoms with Gasteiger partial charge >= 0.3 is 0 Å². The van der Waals surface area contributed by atoms with Gasteiger partial charge in [0.15, 0.2) is 0 Å². The van der Waals surface area contributed by atoms with E-state index >= 15 is 0 Å². The van der Waals surface area contributed by atoms with Crippen LogP contribution in [0.15, 0.2) is 15.2 Å². The summed E-state index contributed by atoms with van der Waals surface area (Å²) >= 11 is 4.86. The summed E-state index contributed by atoms with van der Waals surface area (Å²) in [5.74, 6) is -0.00699. The Hall–Kier alpha value is -0.390. The number of carbonyl (C=O) groups is 1. The molecule has 3 nitrogen and oxygen atoms in total. The number of amides is 1. The van der Waals surface area contributed by atoms with E-state index in [0.717, 1.165) is 28.8 Å². The van der Waals surface area contributed by atoms with Gasteiger partial charge in [0.05, 0.1) is 22.0 Å². The fourth-order valence-electron chi connectivity index (χ4n) is 1.55. The molecule has 1 unspecified atom stereocenters. The highest BCUT2D eigenvalue weighted by Crippen LogP contribution is 2.20. The Morgan fingerprint density at radius 1 is 1.67 bits per heavy atom. The second-order valence-electron chi connectivity index (χ2n) is 3.53. The van der Waals surface area contributed by atoms with Crippen molar-refractivity contribution in [3.05, 3.63) is 20.8 Å². The normalized spacial score (nSPS) is 21.3. The van der Waals surface area contributed by atoms with Gasteiger partial charge in [0, 0.05) is 12.0 Å². The lowest BCUT2D eigenvalue weighted by molar-refractivity contribution is 0.0624. The summed E-state index contributed by atoms with van der Waals surface area (Å²) in [5.41, 5.74) is 0.720. The molecule has 2 heterocycles. The predicted molar refractivity (Wildman–Crippen MR) is 63.3 cm³/mol. The zero-order valence-corrected chi connectivity index (χ0v) is 10.6. The van der Waals surface area contributed by atoms with Crippen molar-refractivity contribution in [1.29, 1.82) is 0 Å². The quantitative estimate of drug-likeness (QED) is 0.908. The van der Waals surface area contributed by atoms with Crippen molar-refractivity contribution in [3.8, 4) is 0 Å². The number of hydrogen-bond acceptors (Lipinski definition) is 3. The van der Waals surface area contributed by atoms with Crippen molar-refractivity contribution in [2.45, 2.75) is 18.9 Å². The molecule has 2 rings (SSSR count). The third-order valence-electron chi connectivity index (χ3n) is 2.33. The number of nitrogens with one attached hydrogen (secondary N) is 1.